The predicted octanol–water partition coefficient (Wildman–Crippen LogP) is 2.00. The lowest BCUT2D eigenvalue weighted by Crippen LogP contribution is -2.12. The molecule has 0 aliphatic rings. The van der Waals surface area contributed by atoms with Crippen LogP contribution >= 0.6 is 15.9 Å². The van der Waals surface area contributed by atoms with Gasteiger partial charge in [-0.25, -0.2) is 4.79 Å². The van der Waals surface area contributed by atoms with Gasteiger partial charge in [-0.3, -0.25) is 4.68 Å². The summed E-state index contributed by atoms with van der Waals surface area (Å²) in [6, 6.07) is 8.92. The van der Waals surface area contributed by atoms with E-state index >= 15 is 0 Å². The highest BCUT2D eigenvalue weighted by Gasteiger charge is 2.14. The summed E-state index contributed by atoms with van der Waals surface area (Å²) >= 11 is 3.33. The Morgan fingerprint density at radius 3 is 2.56 bits per heavy atom. The molecule has 1 aromatic carbocycles. The lowest BCUT2D eigenvalue weighted by atomic mass is 10.1. The predicted molar refractivity (Wildman–Crippen MR) is 69.4 cm³/mol. The molecular weight excluding hydrogens is 300 g/mol. The first-order valence-corrected chi connectivity index (χ1v) is 6.09. The number of nitrogens with zero attached hydrogens (tertiary/aromatic N) is 2. The first-order valence-electron chi connectivity index (χ1n) is 5.30. The largest absolute Gasteiger partial charge is 0.477 e. The zero-order valence-electron chi connectivity index (χ0n) is 9.38. The summed E-state index contributed by atoms with van der Waals surface area (Å²) in [4.78, 5) is 11.0. The maximum Gasteiger partial charge on any atom is 0.354 e. The summed E-state index contributed by atoms with van der Waals surface area (Å²) in [6.45, 7) is 0.0138. The second kappa shape index (κ2) is 5.32. The van der Waals surface area contributed by atoms with Crippen molar-refractivity contribution in [3.05, 3.63) is 40.5 Å². The van der Waals surface area contributed by atoms with Crippen molar-refractivity contribution in [3.63, 3.8) is 0 Å². The van der Waals surface area contributed by atoms with Crippen LogP contribution in [0.5, 0.6) is 0 Å². The third kappa shape index (κ3) is 2.60. The van der Waals surface area contributed by atoms with Gasteiger partial charge in [0.1, 0.15) is 5.69 Å². The minimum atomic E-state index is -1.06. The van der Waals surface area contributed by atoms with Gasteiger partial charge >= 0.3 is 5.97 Å². The molecule has 1 aromatic heterocycles. The number of benzene rings is 1. The monoisotopic (exact) mass is 310 g/mol. The molecule has 0 aliphatic carbocycles. The standard InChI is InChI=1S/C12H11BrN2O3/c13-9-3-1-8(2-4-9)10-7-11(12(17)18)15(14-10)5-6-16/h1-4,7,16H,5-6H2,(H,17,18). The van der Waals surface area contributed by atoms with Crippen LogP contribution in [-0.4, -0.2) is 32.6 Å². The summed E-state index contributed by atoms with van der Waals surface area (Å²) in [5, 5.41) is 22.1. The second-order valence-electron chi connectivity index (χ2n) is 3.67. The molecule has 0 bridgehead atoms. The molecule has 0 unspecified atom stereocenters. The highest BCUT2D eigenvalue weighted by Crippen LogP contribution is 2.21. The van der Waals surface area contributed by atoms with E-state index in [4.69, 9.17) is 10.2 Å². The highest BCUT2D eigenvalue weighted by molar-refractivity contribution is 9.10. The van der Waals surface area contributed by atoms with E-state index < -0.39 is 5.97 Å². The van der Waals surface area contributed by atoms with Crippen LogP contribution in [0.3, 0.4) is 0 Å². The minimum absolute atomic E-state index is 0.0713. The van der Waals surface area contributed by atoms with Crippen LogP contribution in [0.25, 0.3) is 11.3 Å². The van der Waals surface area contributed by atoms with Gasteiger partial charge in [-0.1, -0.05) is 28.1 Å². The third-order valence-corrected chi connectivity index (χ3v) is 2.98. The van der Waals surface area contributed by atoms with Gasteiger partial charge in [-0.05, 0) is 18.2 Å². The van der Waals surface area contributed by atoms with Gasteiger partial charge in [0, 0.05) is 10.0 Å². The molecule has 1 heterocycles. The number of hydrogen-bond acceptors (Lipinski definition) is 3. The van der Waals surface area contributed by atoms with Crippen molar-refractivity contribution in [2.24, 2.45) is 0 Å². The number of aromatic nitrogens is 2. The van der Waals surface area contributed by atoms with Gasteiger partial charge in [-0.15, -0.1) is 0 Å². The third-order valence-electron chi connectivity index (χ3n) is 2.45. The second-order valence-corrected chi connectivity index (χ2v) is 4.59. The fourth-order valence-corrected chi connectivity index (χ4v) is 1.88. The van der Waals surface area contributed by atoms with Crippen LogP contribution in [0.1, 0.15) is 10.5 Å². The Hall–Kier alpha value is -1.66. The number of hydrogen-bond donors (Lipinski definition) is 2. The Bertz CT molecular complexity index is 563. The number of halogens is 1. The van der Waals surface area contributed by atoms with E-state index in [0.717, 1.165) is 10.0 Å². The molecule has 0 saturated heterocycles. The average molecular weight is 311 g/mol. The van der Waals surface area contributed by atoms with Crippen molar-refractivity contribution < 1.29 is 15.0 Å². The van der Waals surface area contributed by atoms with E-state index in [-0.39, 0.29) is 18.8 Å². The normalized spacial score (nSPS) is 10.6. The Morgan fingerprint density at radius 1 is 1.33 bits per heavy atom. The summed E-state index contributed by atoms with van der Waals surface area (Å²) in [7, 11) is 0. The van der Waals surface area contributed by atoms with Crippen molar-refractivity contribution >= 4 is 21.9 Å². The molecule has 6 heteroatoms. The van der Waals surface area contributed by atoms with Gasteiger partial charge in [0.05, 0.1) is 18.8 Å². The van der Waals surface area contributed by atoms with Gasteiger partial charge in [0.2, 0.25) is 0 Å². The molecule has 0 spiro atoms. The fourth-order valence-electron chi connectivity index (χ4n) is 1.62. The zero-order chi connectivity index (χ0) is 13.1. The molecule has 5 nitrogen and oxygen atoms in total. The van der Waals surface area contributed by atoms with Gasteiger partial charge in [0.25, 0.3) is 0 Å². The van der Waals surface area contributed by atoms with E-state index in [1.165, 1.54) is 10.7 Å². The van der Waals surface area contributed by atoms with Crippen molar-refractivity contribution in [1.82, 2.24) is 9.78 Å². The molecule has 94 valence electrons. The molecule has 2 N–H and O–H groups in total. The van der Waals surface area contributed by atoms with E-state index in [2.05, 4.69) is 21.0 Å². The van der Waals surface area contributed by atoms with Crippen LogP contribution in [0.4, 0.5) is 0 Å². The smallest absolute Gasteiger partial charge is 0.354 e. The molecule has 0 radical (unpaired) electrons. The summed E-state index contributed by atoms with van der Waals surface area (Å²) < 4.78 is 2.24. The lowest BCUT2D eigenvalue weighted by molar-refractivity contribution is 0.0681. The lowest BCUT2D eigenvalue weighted by Gasteiger charge is -2.00. The number of carboxylic acids is 1. The van der Waals surface area contributed by atoms with Gasteiger partial charge in [-0.2, -0.15) is 5.10 Å². The Kier molecular flexibility index (Phi) is 3.78. The summed E-state index contributed by atoms with van der Waals surface area (Å²) in [5.41, 5.74) is 1.48. The maximum absolute atomic E-state index is 11.0. The molecular formula is C12H11BrN2O3. The molecule has 0 saturated carbocycles. The van der Waals surface area contributed by atoms with Gasteiger partial charge < -0.3 is 10.2 Å². The Morgan fingerprint density at radius 2 is 2.00 bits per heavy atom. The van der Waals surface area contributed by atoms with Crippen molar-refractivity contribution in [2.45, 2.75) is 6.54 Å². The minimum Gasteiger partial charge on any atom is -0.477 e. The average Bonchev–Trinajstić information content (AvgIpc) is 2.75. The number of aromatic carboxylic acids is 1. The quantitative estimate of drug-likeness (QED) is 0.905. The summed E-state index contributed by atoms with van der Waals surface area (Å²) in [6.07, 6.45) is 0. The van der Waals surface area contributed by atoms with E-state index in [1.54, 1.807) is 0 Å². The SMILES string of the molecule is O=C(O)c1cc(-c2ccc(Br)cc2)nn1CCO. The first kappa shape index (κ1) is 12.8. The molecule has 18 heavy (non-hydrogen) atoms. The number of aliphatic hydroxyl groups is 1. The zero-order valence-corrected chi connectivity index (χ0v) is 11.0. The molecule has 0 fully saturated rings. The van der Waals surface area contributed by atoms with Crippen molar-refractivity contribution in [2.75, 3.05) is 6.61 Å². The maximum atomic E-state index is 11.0. The molecule has 0 atom stereocenters. The van der Waals surface area contributed by atoms with E-state index in [0.29, 0.717) is 5.69 Å². The number of aliphatic hydroxyl groups excluding tert-OH is 1. The molecule has 2 rings (SSSR count). The number of rotatable bonds is 4. The van der Waals surface area contributed by atoms with Gasteiger partial charge in [0.15, 0.2) is 0 Å². The molecule has 2 aromatic rings. The Labute approximate surface area is 112 Å². The topological polar surface area (TPSA) is 75.3 Å². The van der Waals surface area contributed by atoms with E-state index in [9.17, 15) is 4.79 Å². The van der Waals surface area contributed by atoms with E-state index in [1.807, 2.05) is 24.3 Å². The van der Waals surface area contributed by atoms with Crippen LogP contribution in [0.2, 0.25) is 0 Å². The van der Waals surface area contributed by atoms with Crippen LogP contribution < -0.4 is 0 Å². The molecule has 0 aliphatic heterocycles. The van der Waals surface area contributed by atoms with Crippen LogP contribution in [0.15, 0.2) is 34.8 Å². The van der Waals surface area contributed by atoms with Crippen LogP contribution in [0, 0.1) is 0 Å². The van der Waals surface area contributed by atoms with Crippen molar-refractivity contribution in [1.29, 1.82) is 0 Å². The Balaban J connectivity index is 2.42. The number of carboxylic acid groups (broad SMARTS) is 1. The summed E-state index contributed by atoms with van der Waals surface area (Å²) in [5.74, 6) is -1.06. The fraction of sp³-hybridized carbons (Fsp3) is 0.167. The number of carbonyl (C=O) groups is 1. The van der Waals surface area contributed by atoms with Crippen LogP contribution in [-0.2, 0) is 6.54 Å². The highest BCUT2D eigenvalue weighted by atomic mass is 79.9. The van der Waals surface area contributed by atoms with Crippen molar-refractivity contribution in [3.8, 4) is 11.3 Å². The molecule has 0 amide bonds. The first-order chi connectivity index (χ1) is 8.61.